The highest BCUT2D eigenvalue weighted by Crippen LogP contribution is 2.12. The van der Waals surface area contributed by atoms with E-state index >= 15 is 0 Å². The van der Waals surface area contributed by atoms with Crippen LogP contribution in [0.5, 0.6) is 5.75 Å². The number of aliphatic imine (C=N–C) groups is 1. The Labute approximate surface area is 161 Å². The summed E-state index contributed by atoms with van der Waals surface area (Å²) in [5.41, 5.74) is 1.16. The monoisotopic (exact) mass is 467 g/mol. The van der Waals surface area contributed by atoms with E-state index in [9.17, 15) is 8.42 Å². The SMILES string of the molecule is CCNC(=NCCOc1cccc(C)c1)NC1CCS(=O)(=O)C1.I. The second kappa shape index (κ2) is 10.1. The zero-order valence-electron chi connectivity index (χ0n) is 14.1. The van der Waals surface area contributed by atoms with Gasteiger partial charge in [0.05, 0.1) is 18.1 Å². The zero-order valence-corrected chi connectivity index (χ0v) is 17.3. The van der Waals surface area contributed by atoms with E-state index in [2.05, 4.69) is 15.6 Å². The van der Waals surface area contributed by atoms with Gasteiger partial charge >= 0.3 is 0 Å². The lowest BCUT2D eigenvalue weighted by atomic mass is 10.2. The first-order chi connectivity index (χ1) is 11.0. The standard InChI is InChI=1S/C16H25N3O3S.HI/c1-3-17-16(19-14-7-10-23(20,21)12-14)18-8-9-22-15-6-4-5-13(2)11-15;/h4-6,11,14H,3,7-10,12H2,1-2H3,(H2,17,18,19);1H. The van der Waals surface area contributed by atoms with Crippen LogP contribution in [0.4, 0.5) is 0 Å². The number of benzene rings is 1. The molecule has 1 fully saturated rings. The second-order valence-corrected chi connectivity index (χ2v) is 7.90. The van der Waals surface area contributed by atoms with E-state index in [0.29, 0.717) is 25.5 Å². The summed E-state index contributed by atoms with van der Waals surface area (Å²) < 4.78 is 28.7. The smallest absolute Gasteiger partial charge is 0.191 e. The Kier molecular flexibility index (Phi) is 8.82. The maximum atomic E-state index is 11.5. The molecule has 0 radical (unpaired) electrons. The molecule has 0 amide bonds. The van der Waals surface area contributed by atoms with E-state index in [1.165, 1.54) is 0 Å². The van der Waals surface area contributed by atoms with E-state index in [-0.39, 0.29) is 41.5 Å². The molecule has 2 N–H and O–H groups in total. The van der Waals surface area contributed by atoms with Gasteiger partial charge in [0, 0.05) is 12.6 Å². The minimum Gasteiger partial charge on any atom is -0.492 e. The lowest BCUT2D eigenvalue weighted by molar-refractivity contribution is 0.328. The molecule has 1 atom stereocenters. The third-order valence-corrected chi connectivity index (χ3v) is 5.30. The molecule has 0 saturated carbocycles. The first kappa shape index (κ1) is 21.0. The number of aryl methyl sites for hydroxylation is 1. The quantitative estimate of drug-likeness (QED) is 0.289. The Hall–Kier alpha value is -1.03. The van der Waals surface area contributed by atoms with Gasteiger partial charge in [0.1, 0.15) is 12.4 Å². The number of sulfone groups is 1. The van der Waals surface area contributed by atoms with Gasteiger partial charge < -0.3 is 15.4 Å². The highest BCUT2D eigenvalue weighted by molar-refractivity contribution is 14.0. The summed E-state index contributed by atoms with van der Waals surface area (Å²) in [6.07, 6.45) is 0.631. The summed E-state index contributed by atoms with van der Waals surface area (Å²) in [5.74, 6) is 1.90. The summed E-state index contributed by atoms with van der Waals surface area (Å²) in [5, 5.41) is 6.32. The molecule has 24 heavy (non-hydrogen) atoms. The maximum Gasteiger partial charge on any atom is 0.191 e. The van der Waals surface area contributed by atoms with Crippen LogP contribution >= 0.6 is 24.0 Å². The van der Waals surface area contributed by atoms with Crippen LogP contribution in [0, 0.1) is 6.92 Å². The molecule has 0 bridgehead atoms. The molecule has 1 unspecified atom stereocenters. The van der Waals surface area contributed by atoms with Crippen molar-refractivity contribution < 1.29 is 13.2 Å². The van der Waals surface area contributed by atoms with Crippen molar-refractivity contribution >= 4 is 39.8 Å². The van der Waals surface area contributed by atoms with Crippen LogP contribution < -0.4 is 15.4 Å². The number of ether oxygens (including phenoxy) is 1. The van der Waals surface area contributed by atoms with Crippen molar-refractivity contribution in [2.45, 2.75) is 26.3 Å². The summed E-state index contributed by atoms with van der Waals surface area (Å²) in [7, 11) is -2.89. The molecule has 0 aromatic heterocycles. The van der Waals surface area contributed by atoms with Gasteiger partial charge in [-0.2, -0.15) is 0 Å². The maximum absolute atomic E-state index is 11.5. The Morgan fingerprint density at radius 1 is 1.42 bits per heavy atom. The molecule has 0 aliphatic carbocycles. The molecule has 6 nitrogen and oxygen atoms in total. The fraction of sp³-hybridized carbons (Fsp3) is 0.562. The van der Waals surface area contributed by atoms with E-state index in [1.807, 2.05) is 38.1 Å². The molecule has 1 saturated heterocycles. The summed E-state index contributed by atoms with van der Waals surface area (Å²) in [4.78, 5) is 4.44. The molecule has 1 aromatic rings. The minimum atomic E-state index is -2.89. The van der Waals surface area contributed by atoms with Crippen LogP contribution in [0.3, 0.4) is 0 Å². The first-order valence-electron chi connectivity index (χ1n) is 7.93. The number of halogens is 1. The van der Waals surface area contributed by atoms with Gasteiger partial charge in [-0.15, -0.1) is 24.0 Å². The lowest BCUT2D eigenvalue weighted by Gasteiger charge is -2.15. The Bertz CT molecular complexity index is 650. The largest absolute Gasteiger partial charge is 0.492 e. The molecule has 1 aromatic carbocycles. The Morgan fingerprint density at radius 2 is 2.21 bits per heavy atom. The van der Waals surface area contributed by atoms with Crippen LogP contribution in [0.25, 0.3) is 0 Å². The first-order valence-corrected chi connectivity index (χ1v) is 9.75. The third kappa shape index (κ3) is 7.25. The van der Waals surface area contributed by atoms with Crippen LogP contribution in [0.2, 0.25) is 0 Å². The number of guanidine groups is 1. The number of hydrogen-bond donors (Lipinski definition) is 2. The highest BCUT2D eigenvalue weighted by Gasteiger charge is 2.28. The number of rotatable bonds is 6. The van der Waals surface area contributed by atoms with Gasteiger partial charge in [-0.3, -0.25) is 0 Å². The Balaban J connectivity index is 0.00000288. The van der Waals surface area contributed by atoms with Gasteiger partial charge in [0.2, 0.25) is 0 Å². The van der Waals surface area contributed by atoms with Crippen molar-refractivity contribution in [2.75, 3.05) is 31.2 Å². The summed E-state index contributed by atoms with van der Waals surface area (Å²) in [6.45, 7) is 5.70. The third-order valence-electron chi connectivity index (χ3n) is 3.54. The zero-order chi connectivity index (χ0) is 16.7. The summed E-state index contributed by atoms with van der Waals surface area (Å²) >= 11 is 0. The molecule has 1 aliphatic heterocycles. The number of hydrogen-bond acceptors (Lipinski definition) is 4. The normalized spacial score (nSPS) is 19.4. The van der Waals surface area contributed by atoms with Gasteiger partial charge in [-0.05, 0) is 38.0 Å². The molecule has 136 valence electrons. The van der Waals surface area contributed by atoms with E-state index in [1.54, 1.807) is 0 Å². The van der Waals surface area contributed by atoms with E-state index < -0.39 is 9.84 Å². The number of nitrogens with one attached hydrogen (secondary N) is 2. The average Bonchev–Trinajstić information content (AvgIpc) is 2.83. The molecular weight excluding hydrogens is 441 g/mol. The summed E-state index contributed by atoms with van der Waals surface area (Å²) in [6, 6.07) is 7.82. The van der Waals surface area contributed by atoms with Crippen LogP contribution in [0.15, 0.2) is 29.3 Å². The molecular formula is C16H26IN3O3S. The molecule has 1 aliphatic rings. The van der Waals surface area contributed by atoms with Crippen molar-refractivity contribution in [1.29, 1.82) is 0 Å². The van der Waals surface area contributed by atoms with E-state index in [4.69, 9.17) is 4.74 Å². The van der Waals surface area contributed by atoms with Gasteiger partial charge in [0.25, 0.3) is 0 Å². The average molecular weight is 467 g/mol. The van der Waals surface area contributed by atoms with Crippen molar-refractivity contribution in [3.05, 3.63) is 29.8 Å². The number of nitrogens with zero attached hydrogens (tertiary/aromatic N) is 1. The van der Waals surface area contributed by atoms with Crippen LogP contribution in [-0.2, 0) is 9.84 Å². The topological polar surface area (TPSA) is 79.8 Å². The van der Waals surface area contributed by atoms with Crippen LogP contribution in [-0.4, -0.2) is 51.6 Å². The van der Waals surface area contributed by atoms with Gasteiger partial charge in [0.15, 0.2) is 15.8 Å². The molecule has 2 rings (SSSR count). The van der Waals surface area contributed by atoms with Gasteiger partial charge in [-0.25, -0.2) is 13.4 Å². The van der Waals surface area contributed by atoms with Crippen molar-refractivity contribution in [2.24, 2.45) is 4.99 Å². The minimum absolute atomic E-state index is 0. The highest BCUT2D eigenvalue weighted by atomic mass is 127. The van der Waals surface area contributed by atoms with Crippen molar-refractivity contribution in [1.82, 2.24) is 10.6 Å². The van der Waals surface area contributed by atoms with Crippen LogP contribution in [0.1, 0.15) is 18.9 Å². The predicted molar refractivity (Wildman–Crippen MR) is 108 cm³/mol. The van der Waals surface area contributed by atoms with Crippen molar-refractivity contribution in [3.63, 3.8) is 0 Å². The Morgan fingerprint density at radius 3 is 2.83 bits per heavy atom. The fourth-order valence-electron chi connectivity index (χ4n) is 2.45. The second-order valence-electron chi connectivity index (χ2n) is 5.67. The predicted octanol–water partition coefficient (Wildman–Crippen LogP) is 1.73. The fourth-order valence-corrected chi connectivity index (χ4v) is 4.12. The molecule has 0 spiro atoms. The lowest BCUT2D eigenvalue weighted by Crippen LogP contribution is -2.44. The molecule has 8 heteroatoms. The van der Waals surface area contributed by atoms with Gasteiger partial charge in [-0.1, -0.05) is 12.1 Å². The van der Waals surface area contributed by atoms with Crippen molar-refractivity contribution in [3.8, 4) is 5.75 Å². The van der Waals surface area contributed by atoms with E-state index in [0.717, 1.165) is 17.9 Å². The molecule has 1 heterocycles.